The molecule has 19 heteroatoms. The van der Waals surface area contributed by atoms with Crippen molar-refractivity contribution < 1.29 is 80.2 Å². The van der Waals surface area contributed by atoms with Crippen LogP contribution in [0.5, 0.6) is 0 Å². The summed E-state index contributed by atoms with van der Waals surface area (Å²) in [6.45, 7) is 4.68. The summed E-state index contributed by atoms with van der Waals surface area (Å²) in [5.74, 6) is -2.29. The summed E-state index contributed by atoms with van der Waals surface area (Å²) in [6.07, 6.45) is 83.6. The van der Waals surface area contributed by atoms with Crippen LogP contribution < -0.4 is 0 Å². The van der Waals surface area contributed by atoms with E-state index in [0.29, 0.717) is 32.1 Å². The second-order valence-corrected chi connectivity index (χ2v) is 30.2. The molecule has 0 aromatic carbocycles. The van der Waals surface area contributed by atoms with Gasteiger partial charge in [0.25, 0.3) is 0 Å². The van der Waals surface area contributed by atoms with Gasteiger partial charge < -0.3 is 33.8 Å². The Morgan fingerprint density at radius 2 is 0.519 bits per heavy atom. The van der Waals surface area contributed by atoms with Gasteiger partial charge in [0.05, 0.1) is 26.4 Å². The number of rotatable bonds is 77. The van der Waals surface area contributed by atoms with Crippen LogP contribution in [0, 0.1) is 0 Å². The number of aliphatic hydroxyl groups is 1. The van der Waals surface area contributed by atoms with Gasteiger partial charge in [-0.15, -0.1) is 0 Å². The molecule has 0 radical (unpaired) electrons. The minimum Gasteiger partial charge on any atom is -0.462 e. The molecule has 5 atom stereocenters. The Hall–Kier alpha value is -4.28. The van der Waals surface area contributed by atoms with Crippen LogP contribution in [-0.4, -0.2) is 96.7 Å². The minimum absolute atomic E-state index is 0.0338. The molecule has 3 N–H and O–H groups in total. The van der Waals surface area contributed by atoms with Crippen molar-refractivity contribution in [3.05, 3.63) is 109 Å². The maximum atomic E-state index is 13.1. The van der Waals surface area contributed by atoms with E-state index in [1.54, 1.807) is 0 Å². The van der Waals surface area contributed by atoms with Gasteiger partial charge in [0.15, 0.2) is 12.2 Å². The highest BCUT2D eigenvalue weighted by molar-refractivity contribution is 7.47. The first-order valence-electron chi connectivity index (χ1n) is 41.1. The summed E-state index contributed by atoms with van der Waals surface area (Å²) in [5, 5.41) is 10.6. The number of carbonyl (C=O) groups excluding carboxylic acids is 4. The third-order valence-corrected chi connectivity index (χ3v) is 19.1. The molecule has 0 aliphatic carbocycles. The Morgan fingerprint density at radius 3 is 0.827 bits per heavy atom. The van der Waals surface area contributed by atoms with Crippen molar-refractivity contribution in [2.24, 2.45) is 0 Å². The van der Waals surface area contributed by atoms with Gasteiger partial charge in [-0.2, -0.15) is 0 Å². The summed E-state index contributed by atoms with van der Waals surface area (Å²) in [7, 11) is -9.98. The second-order valence-electron chi connectivity index (χ2n) is 27.3. The van der Waals surface area contributed by atoms with E-state index in [1.807, 2.05) is 18.2 Å². The molecule has 5 unspecified atom stereocenters. The van der Waals surface area contributed by atoms with E-state index in [9.17, 15) is 43.2 Å². The minimum atomic E-state index is -5.00. The summed E-state index contributed by atoms with van der Waals surface area (Å²) in [5.41, 5.74) is 0. The Balaban J connectivity index is 5.43. The second kappa shape index (κ2) is 76.9. The lowest BCUT2D eigenvalue weighted by Crippen LogP contribution is -2.30. The van der Waals surface area contributed by atoms with E-state index >= 15 is 0 Å². The topological polar surface area (TPSA) is 237 Å². The van der Waals surface area contributed by atoms with Crippen molar-refractivity contribution in [3.63, 3.8) is 0 Å². The zero-order chi connectivity index (χ0) is 76.0. The van der Waals surface area contributed by atoms with E-state index < -0.39 is 97.5 Å². The number of unbranched alkanes of at least 4 members (excludes halogenated alkanes) is 33. The van der Waals surface area contributed by atoms with Gasteiger partial charge >= 0.3 is 39.5 Å². The first kappa shape index (κ1) is 99.7. The highest BCUT2D eigenvalue weighted by Gasteiger charge is 2.30. The molecule has 0 saturated heterocycles. The number of phosphoric acid groups is 2. The number of carbonyl (C=O) groups is 4. The molecule has 0 amide bonds. The molecule has 0 aromatic heterocycles. The fourth-order valence-corrected chi connectivity index (χ4v) is 12.5. The van der Waals surface area contributed by atoms with Crippen molar-refractivity contribution in [1.29, 1.82) is 0 Å². The Kier molecular flexibility index (Phi) is 73.7. The lowest BCUT2D eigenvalue weighted by molar-refractivity contribution is -0.161. The number of phosphoric ester groups is 2. The predicted octanol–water partition coefficient (Wildman–Crippen LogP) is 24.1. The summed E-state index contributed by atoms with van der Waals surface area (Å²) in [4.78, 5) is 73.0. The maximum Gasteiger partial charge on any atom is 0.472 e. The van der Waals surface area contributed by atoms with E-state index in [4.69, 9.17) is 37.0 Å². The lowest BCUT2D eigenvalue weighted by atomic mass is 10.1. The average molecular weight is 1500 g/mol. The molecule has 17 nitrogen and oxygen atoms in total. The van der Waals surface area contributed by atoms with Crippen LogP contribution in [0.2, 0.25) is 0 Å². The maximum absolute atomic E-state index is 13.1. The molecule has 0 spiro atoms. The summed E-state index contributed by atoms with van der Waals surface area (Å²) < 4.78 is 68.6. The van der Waals surface area contributed by atoms with E-state index in [2.05, 4.69) is 119 Å². The monoisotopic (exact) mass is 1500 g/mol. The molecule has 0 rings (SSSR count). The van der Waals surface area contributed by atoms with E-state index in [1.165, 1.54) is 116 Å². The van der Waals surface area contributed by atoms with Crippen molar-refractivity contribution in [2.45, 2.75) is 367 Å². The quantitative estimate of drug-likeness (QED) is 0.0169. The first-order chi connectivity index (χ1) is 50.7. The fraction of sp³-hybridized carbons (Fsp3) is 0.741. The van der Waals surface area contributed by atoms with Crippen molar-refractivity contribution in [3.8, 4) is 0 Å². The smallest absolute Gasteiger partial charge is 0.462 e. The molecule has 600 valence electrons. The zero-order valence-corrected chi connectivity index (χ0v) is 67.5. The number of hydrogen-bond donors (Lipinski definition) is 3. The van der Waals surface area contributed by atoms with Crippen LogP contribution in [0.15, 0.2) is 109 Å². The standard InChI is InChI=1S/C85H148O17P2/c1-5-9-13-17-21-25-29-33-37-38-39-40-44-46-50-54-58-62-66-70-83(88)96-76-81(102-85(90)72-68-64-60-56-52-48-43-36-32-28-24-20-16-12-8-4)78-100-104(93,94)98-74-79(86)73-97-103(91,92)99-77-80(101-84(89)71-67-63-59-55-51-47-42-35-31-27-23-19-15-11-7-3)75-95-82(87)69-65-61-57-53-49-45-41-34-30-26-22-18-14-10-6-2/h9,13,21,25,33-37,39-43,46,50,58,62,79-81,86H,5-8,10-12,14-20,22-24,26-32,38,44-45,47-49,51-57,59-61,63-78H2,1-4H3,(H,91,92)(H,93,94)/b13-9-,25-21-,37-33-,40-39-,41-34-,42-35-,43-36-,50-46-,62-58-. The van der Waals surface area contributed by atoms with Crippen molar-refractivity contribution in [1.82, 2.24) is 0 Å². The third kappa shape index (κ3) is 75.9. The molecule has 0 aliphatic heterocycles. The normalized spacial score (nSPS) is 14.4. The first-order valence-corrected chi connectivity index (χ1v) is 44.1. The Bertz CT molecular complexity index is 2390. The molecule has 0 aromatic rings. The van der Waals surface area contributed by atoms with Crippen LogP contribution >= 0.6 is 15.6 Å². The van der Waals surface area contributed by atoms with Crippen LogP contribution in [0.3, 0.4) is 0 Å². The molecular formula is C85H148O17P2. The van der Waals surface area contributed by atoms with Crippen LogP contribution in [0.1, 0.15) is 349 Å². The number of allylic oxidation sites excluding steroid dienone is 18. The summed E-state index contributed by atoms with van der Waals surface area (Å²) in [6, 6.07) is 0. The number of ether oxygens (including phenoxy) is 4. The van der Waals surface area contributed by atoms with Crippen LogP contribution in [0.25, 0.3) is 0 Å². The van der Waals surface area contributed by atoms with Gasteiger partial charge in [0, 0.05) is 25.7 Å². The zero-order valence-electron chi connectivity index (χ0n) is 65.7. The molecule has 0 saturated carbocycles. The SMILES string of the molecule is CC/C=C\C/C=C\C/C=C\C/C=C\C/C=C\C/C=C\CCC(=O)OCC(COP(=O)(O)OCC(O)COP(=O)(O)OCC(COC(=O)CCCCCCC/C=C\CCCCCCCC)OC(=O)CCCCCCC/C=C\CCCCCCCC)OC(=O)CCCCCCC/C=C\CCCCCCCC. The molecule has 0 bridgehead atoms. The molecule has 0 aliphatic rings. The van der Waals surface area contributed by atoms with Gasteiger partial charge in [-0.1, -0.05) is 291 Å². The number of esters is 4. The molecular weight excluding hydrogens is 1350 g/mol. The van der Waals surface area contributed by atoms with Gasteiger partial charge in [-0.05, 0) is 141 Å². The summed E-state index contributed by atoms with van der Waals surface area (Å²) >= 11 is 0. The molecule has 104 heavy (non-hydrogen) atoms. The third-order valence-electron chi connectivity index (χ3n) is 17.2. The predicted molar refractivity (Wildman–Crippen MR) is 427 cm³/mol. The largest absolute Gasteiger partial charge is 0.472 e. The van der Waals surface area contributed by atoms with Gasteiger partial charge in [-0.25, -0.2) is 9.13 Å². The van der Waals surface area contributed by atoms with Crippen LogP contribution in [-0.2, 0) is 65.4 Å². The fourth-order valence-electron chi connectivity index (χ4n) is 10.9. The molecule has 0 fully saturated rings. The van der Waals surface area contributed by atoms with Crippen LogP contribution in [0.4, 0.5) is 0 Å². The van der Waals surface area contributed by atoms with Gasteiger partial charge in [0.2, 0.25) is 0 Å². The Labute approximate surface area is 632 Å². The van der Waals surface area contributed by atoms with Crippen molar-refractivity contribution in [2.75, 3.05) is 39.6 Å². The van der Waals surface area contributed by atoms with Gasteiger partial charge in [-0.3, -0.25) is 37.3 Å². The molecule has 0 heterocycles. The van der Waals surface area contributed by atoms with E-state index in [-0.39, 0.29) is 25.7 Å². The average Bonchev–Trinajstić information content (AvgIpc) is 0.918. The van der Waals surface area contributed by atoms with Gasteiger partial charge in [0.1, 0.15) is 19.3 Å². The number of aliphatic hydroxyl groups excluding tert-OH is 1. The van der Waals surface area contributed by atoms with Crippen molar-refractivity contribution >= 4 is 39.5 Å². The highest BCUT2D eigenvalue weighted by Crippen LogP contribution is 2.45. The lowest BCUT2D eigenvalue weighted by Gasteiger charge is -2.21. The van der Waals surface area contributed by atoms with E-state index in [0.717, 1.165) is 148 Å². The number of hydrogen-bond acceptors (Lipinski definition) is 15. The highest BCUT2D eigenvalue weighted by atomic mass is 31.2. The Morgan fingerprint density at radius 1 is 0.279 bits per heavy atom.